The predicted molar refractivity (Wildman–Crippen MR) is 74.1 cm³/mol. The highest BCUT2D eigenvalue weighted by atomic mass is 15.2. The Bertz CT molecular complexity index is 322. The predicted octanol–water partition coefficient (Wildman–Crippen LogP) is 2.36. The Balaban J connectivity index is 1.92. The summed E-state index contributed by atoms with van der Waals surface area (Å²) in [7, 11) is 0. The molecule has 2 heteroatoms. The average molecular weight is 232 g/mol. The summed E-state index contributed by atoms with van der Waals surface area (Å²) in [5.74, 6) is 0. The van der Waals surface area contributed by atoms with E-state index in [1.807, 2.05) is 6.08 Å². The van der Waals surface area contributed by atoms with Crippen LogP contribution in [-0.2, 0) is 0 Å². The number of rotatable bonds is 4. The smallest absolute Gasteiger partial charge is 0.0233 e. The van der Waals surface area contributed by atoms with Crippen LogP contribution in [0, 0.1) is 5.41 Å². The lowest BCUT2D eigenvalue weighted by Crippen LogP contribution is -2.30. The zero-order valence-electron chi connectivity index (χ0n) is 10.9. The Morgan fingerprint density at radius 1 is 1.47 bits per heavy atom. The zero-order valence-corrected chi connectivity index (χ0v) is 10.9. The molecule has 0 saturated carbocycles. The fourth-order valence-corrected chi connectivity index (χ4v) is 3.09. The molecule has 94 valence electrons. The fourth-order valence-electron chi connectivity index (χ4n) is 3.09. The normalized spacial score (nSPS) is 30.8. The van der Waals surface area contributed by atoms with E-state index in [1.54, 1.807) is 0 Å². The van der Waals surface area contributed by atoms with E-state index >= 15 is 0 Å². The molecule has 0 radical (unpaired) electrons. The van der Waals surface area contributed by atoms with Crippen LogP contribution in [0.2, 0.25) is 0 Å². The van der Waals surface area contributed by atoms with Crippen molar-refractivity contribution < 1.29 is 0 Å². The highest BCUT2D eigenvalue weighted by Gasteiger charge is 2.39. The molecule has 0 aromatic rings. The number of likely N-dealkylation sites (tertiary alicyclic amines) is 1. The van der Waals surface area contributed by atoms with Crippen molar-refractivity contribution in [2.45, 2.75) is 19.8 Å². The Kier molecular flexibility index (Phi) is 4.19. The topological polar surface area (TPSA) is 15.3 Å². The van der Waals surface area contributed by atoms with Gasteiger partial charge in [0.1, 0.15) is 0 Å². The van der Waals surface area contributed by atoms with Crippen molar-refractivity contribution in [2.24, 2.45) is 5.41 Å². The van der Waals surface area contributed by atoms with Crippen LogP contribution in [0.25, 0.3) is 0 Å². The fraction of sp³-hybridized carbons (Fsp3) is 0.600. The third-order valence-electron chi connectivity index (χ3n) is 3.97. The van der Waals surface area contributed by atoms with E-state index in [-0.39, 0.29) is 0 Å². The third kappa shape index (κ3) is 3.08. The molecule has 2 rings (SSSR count). The minimum Gasteiger partial charge on any atom is -0.316 e. The van der Waals surface area contributed by atoms with E-state index in [1.165, 1.54) is 44.6 Å². The van der Waals surface area contributed by atoms with Crippen molar-refractivity contribution in [3.8, 4) is 0 Å². The summed E-state index contributed by atoms with van der Waals surface area (Å²) < 4.78 is 0. The molecule has 2 saturated heterocycles. The van der Waals surface area contributed by atoms with Crippen LogP contribution in [0.3, 0.4) is 0 Å². The first-order valence-corrected chi connectivity index (χ1v) is 6.65. The molecule has 2 aliphatic heterocycles. The summed E-state index contributed by atoms with van der Waals surface area (Å²) in [5, 5.41) is 3.51. The molecule has 1 spiro atoms. The number of nitrogens with zero attached hydrogens (tertiary/aromatic N) is 1. The van der Waals surface area contributed by atoms with E-state index in [0.717, 1.165) is 6.54 Å². The van der Waals surface area contributed by atoms with Gasteiger partial charge in [-0.25, -0.2) is 0 Å². The van der Waals surface area contributed by atoms with E-state index in [4.69, 9.17) is 0 Å². The Morgan fingerprint density at radius 2 is 2.35 bits per heavy atom. The molecular formula is C15H24N2. The maximum absolute atomic E-state index is 3.79. The van der Waals surface area contributed by atoms with Gasteiger partial charge in [-0.1, -0.05) is 30.9 Å². The monoisotopic (exact) mass is 232 g/mol. The summed E-state index contributed by atoms with van der Waals surface area (Å²) in [6.45, 7) is 11.9. The molecule has 0 amide bonds. The SMILES string of the molecule is C=C/C=C(\C=C/C)CN1CCC2(CCNC2)C1. The quantitative estimate of drug-likeness (QED) is 0.749. The van der Waals surface area contributed by atoms with Gasteiger partial charge in [0.15, 0.2) is 0 Å². The van der Waals surface area contributed by atoms with E-state index in [2.05, 4.69) is 41.9 Å². The Morgan fingerprint density at radius 3 is 3.00 bits per heavy atom. The van der Waals surface area contributed by atoms with Crippen LogP contribution in [0.5, 0.6) is 0 Å². The second-order valence-electron chi connectivity index (χ2n) is 5.36. The molecule has 1 unspecified atom stereocenters. The highest BCUT2D eigenvalue weighted by Crippen LogP contribution is 2.36. The van der Waals surface area contributed by atoms with Crippen LogP contribution in [0.1, 0.15) is 19.8 Å². The van der Waals surface area contributed by atoms with Crippen LogP contribution in [0.4, 0.5) is 0 Å². The average Bonchev–Trinajstić information content (AvgIpc) is 2.91. The second-order valence-corrected chi connectivity index (χ2v) is 5.36. The van der Waals surface area contributed by atoms with Crippen LogP contribution in [0.15, 0.2) is 36.5 Å². The van der Waals surface area contributed by atoms with Crippen molar-refractivity contribution in [1.82, 2.24) is 10.2 Å². The summed E-state index contributed by atoms with van der Waals surface area (Å²) in [5.41, 5.74) is 1.94. The van der Waals surface area contributed by atoms with Crippen LogP contribution >= 0.6 is 0 Å². The van der Waals surface area contributed by atoms with Gasteiger partial charge < -0.3 is 5.32 Å². The van der Waals surface area contributed by atoms with Gasteiger partial charge >= 0.3 is 0 Å². The molecule has 0 aromatic carbocycles. The molecule has 0 aliphatic carbocycles. The van der Waals surface area contributed by atoms with Crippen LogP contribution < -0.4 is 5.32 Å². The molecular weight excluding hydrogens is 208 g/mol. The maximum Gasteiger partial charge on any atom is 0.0233 e. The lowest BCUT2D eigenvalue weighted by atomic mass is 9.86. The van der Waals surface area contributed by atoms with Crippen LogP contribution in [-0.4, -0.2) is 37.6 Å². The summed E-state index contributed by atoms with van der Waals surface area (Å²) in [6.07, 6.45) is 11.0. The molecule has 1 atom stereocenters. The third-order valence-corrected chi connectivity index (χ3v) is 3.97. The molecule has 2 heterocycles. The number of allylic oxidation sites excluding steroid dienone is 3. The van der Waals surface area contributed by atoms with Crippen molar-refractivity contribution in [3.63, 3.8) is 0 Å². The first kappa shape index (κ1) is 12.6. The highest BCUT2D eigenvalue weighted by molar-refractivity contribution is 5.24. The van der Waals surface area contributed by atoms with Gasteiger partial charge in [0.2, 0.25) is 0 Å². The zero-order chi connectivity index (χ0) is 12.1. The van der Waals surface area contributed by atoms with Gasteiger partial charge in [-0.15, -0.1) is 0 Å². The number of nitrogens with one attached hydrogen (secondary N) is 1. The van der Waals surface area contributed by atoms with Gasteiger partial charge in [-0.05, 0) is 43.8 Å². The minimum atomic E-state index is 0.579. The van der Waals surface area contributed by atoms with E-state index < -0.39 is 0 Å². The van der Waals surface area contributed by atoms with Crippen molar-refractivity contribution in [3.05, 3.63) is 36.5 Å². The Labute approximate surface area is 105 Å². The molecule has 1 N–H and O–H groups in total. The Hall–Kier alpha value is -0.860. The van der Waals surface area contributed by atoms with Gasteiger partial charge in [0.05, 0.1) is 0 Å². The first-order chi connectivity index (χ1) is 8.28. The molecule has 0 bridgehead atoms. The molecule has 2 aliphatic rings. The lowest BCUT2D eigenvalue weighted by Gasteiger charge is -2.23. The van der Waals surface area contributed by atoms with Crippen molar-refractivity contribution in [1.29, 1.82) is 0 Å². The number of hydrogen-bond donors (Lipinski definition) is 1. The molecule has 17 heavy (non-hydrogen) atoms. The van der Waals surface area contributed by atoms with Gasteiger partial charge in [-0.2, -0.15) is 0 Å². The second kappa shape index (κ2) is 5.65. The standard InChI is InChI=1S/C15H24N2/c1-3-5-14(6-4-2)11-17-10-8-15(13-17)7-9-16-12-15/h3-6,16H,1,7-13H2,2H3/b6-4-,14-5+. The summed E-state index contributed by atoms with van der Waals surface area (Å²) in [4.78, 5) is 2.59. The van der Waals surface area contributed by atoms with E-state index in [0.29, 0.717) is 5.41 Å². The van der Waals surface area contributed by atoms with Crippen molar-refractivity contribution in [2.75, 3.05) is 32.7 Å². The number of hydrogen-bond acceptors (Lipinski definition) is 2. The maximum atomic E-state index is 3.79. The van der Waals surface area contributed by atoms with Gasteiger partial charge in [-0.3, -0.25) is 4.90 Å². The molecule has 2 nitrogen and oxygen atoms in total. The molecule has 0 aromatic heterocycles. The van der Waals surface area contributed by atoms with Gasteiger partial charge in [0, 0.05) is 19.6 Å². The minimum absolute atomic E-state index is 0.579. The lowest BCUT2D eigenvalue weighted by molar-refractivity contribution is 0.290. The van der Waals surface area contributed by atoms with E-state index in [9.17, 15) is 0 Å². The van der Waals surface area contributed by atoms with Crippen molar-refractivity contribution >= 4 is 0 Å². The van der Waals surface area contributed by atoms with Gasteiger partial charge in [0.25, 0.3) is 0 Å². The molecule has 2 fully saturated rings. The summed E-state index contributed by atoms with van der Waals surface area (Å²) >= 11 is 0. The first-order valence-electron chi connectivity index (χ1n) is 6.65. The largest absolute Gasteiger partial charge is 0.316 e. The summed E-state index contributed by atoms with van der Waals surface area (Å²) in [6, 6.07) is 0.